The fourth-order valence-corrected chi connectivity index (χ4v) is 0.729. The Morgan fingerprint density at radius 2 is 1.53 bits per heavy atom. The number of phosphoric acid groups is 1. The molecule has 0 heterocycles. The minimum absolute atomic E-state index is 1.20. The predicted molar refractivity (Wildman–Crippen MR) is 56.9 cm³/mol. The van der Waals surface area contributed by atoms with Crippen molar-refractivity contribution in [1.82, 2.24) is 5.32 Å². The highest BCUT2D eigenvalue weighted by molar-refractivity contribution is 7.46. The highest BCUT2D eigenvalue weighted by Crippen LogP contribution is 2.35. The molecule has 0 saturated carbocycles. The number of rotatable bonds is 7. The van der Waals surface area contributed by atoms with Gasteiger partial charge in [-0.25, -0.2) is 4.57 Å². The van der Waals surface area contributed by atoms with Gasteiger partial charge in [-0.15, -0.1) is 0 Å². The Kier molecular flexibility index (Phi) is 14.0. The second-order valence-corrected chi connectivity index (χ2v) is 4.14. The molecule has 0 bridgehead atoms. The zero-order chi connectivity index (χ0) is 12.2. The highest BCUT2D eigenvalue weighted by atomic mass is 31.2. The minimum Gasteiger partial charge on any atom is -0.317 e. The Balaban J connectivity index is 0. The fraction of sp³-hybridized carbons (Fsp3) is 1.00. The molecule has 3 N–H and O–H groups in total. The Labute approximate surface area is 90.2 Å². The summed E-state index contributed by atoms with van der Waals surface area (Å²) in [5.41, 5.74) is 0. The van der Waals surface area contributed by atoms with Crippen LogP contribution in [0.4, 0.5) is 4.53 Å². The van der Waals surface area contributed by atoms with E-state index in [0.29, 0.717) is 0 Å². The van der Waals surface area contributed by atoms with Gasteiger partial charge in [-0.2, -0.15) is 0 Å². The van der Waals surface area contributed by atoms with E-state index in [2.05, 4.69) is 23.9 Å². The Morgan fingerprint density at radius 3 is 1.73 bits per heavy atom. The molecule has 0 amide bonds. The summed E-state index contributed by atoms with van der Waals surface area (Å²) >= 11 is 0. The summed E-state index contributed by atoms with van der Waals surface area (Å²) in [6.45, 7) is 6.86. The van der Waals surface area contributed by atoms with Crippen molar-refractivity contribution < 1.29 is 23.6 Å². The zero-order valence-electron chi connectivity index (χ0n) is 9.28. The summed E-state index contributed by atoms with van der Waals surface area (Å²) in [5.74, 6) is 0. The molecular formula is C8H21FNO4P. The van der Waals surface area contributed by atoms with E-state index in [-0.39, 0.29) is 0 Å². The maximum atomic E-state index is 10.2. The minimum atomic E-state index is -4.81. The third-order valence-corrected chi connectivity index (χ3v) is 1.68. The lowest BCUT2D eigenvalue weighted by atomic mass is 10.3. The van der Waals surface area contributed by atoms with Gasteiger partial charge in [0.2, 0.25) is 0 Å². The second-order valence-electron chi connectivity index (χ2n) is 3.02. The molecule has 5 nitrogen and oxygen atoms in total. The fourth-order valence-electron chi connectivity index (χ4n) is 0.729. The van der Waals surface area contributed by atoms with Crippen LogP contribution < -0.4 is 5.32 Å². The molecular weight excluding hydrogens is 224 g/mol. The molecule has 0 radical (unpaired) electrons. The lowest BCUT2D eigenvalue weighted by molar-refractivity contribution is -0.0389. The zero-order valence-corrected chi connectivity index (χ0v) is 10.2. The van der Waals surface area contributed by atoms with E-state index < -0.39 is 7.82 Å². The summed E-state index contributed by atoms with van der Waals surface area (Å²) < 4.78 is 21.4. The van der Waals surface area contributed by atoms with E-state index in [1.54, 1.807) is 0 Å². The second kappa shape index (κ2) is 12.1. The van der Waals surface area contributed by atoms with Crippen LogP contribution in [0, 0.1) is 0 Å². The largest absolute Gasteiger partial charge is 0.500 e. The summed E-state index contributed by atoms with van der Waals surface area (Å²) in [5, 5.41) is 3.39. The summed E-state index contributed by atoms with van der Waals surface area (Å²) in [6.07, 6.45) is 5.26. The van der Waals surface area contributed by atoms with Gasteiger partial charge in [0.15, 0.2) is 0 Å². The van der Waals surface area contributed by atoms with Crippen LogP contribution >= 0.6 is 7.82 Å². The van der Waals surface area contributed by atoms with Gasteiger partial charge in [0.1, 0.15) is 0 Å². The van der Waals surface area contributed by atoms with Crippen LogP contribution in [0.1, 0.15) is 39.5 Å². The van der Waals surface area contributed by atoms with Crippen LogP contribution in [-0.4, -0.2) is 22.9 Å². The summed E-state index contributed by atoms with van der Waals surface area (Å²) in [4.78, 5) is 14.7. The number of hydrogen-bond donors (Lipinski definition) is 3. The SMILES string of the molecule is CCCCNCCCC.O=P(O)(O)OF. The molecule has 0 aromatic rings. The molecule has 0 fully saturated rings. The summed E-state index contributed by atoms with van der Waals surface area (Å²) in [7, 11) is -4.81. The quantitative estimate of drug-likeness (QED) is 0.473. The van der Waals surface area contributed by atoms with Gasteiger partial charge in [-0.05, 0) is 30.5 Å². The molecule has 0 aromatic carbocycles. The number of unbranched alkanes of at least 4 members (excludes halogenated alkanes) is 2. The van der Waals surface area contributed by atoms with Crippen LogP contribution in [0.3, 0.4) is 0 Å². The lowest BCUT2D eigenvalue weighted by Gasteiger charge is -1.99. The highest BCUT2D eigenvalue weighted by Gasteiger charge is 2.12. The molecule has 94 valence electrons. The van der Waals surface area contributed by atoms with E-state index >= 15 is 0 Å². The first-order chi connectivity index (χ1) is 6.97. The van der Waals surface area contributed by atoms with Gasteiger partial charge < -0.3 is 15.1 Å². The first kappa shape index (κ1) is 17.4. The van der Waals surface area contributed by atoms with E-state index in [9.17, 15) is 4.53 Å². The average molecular weight is 245 g/mol. The first-order valence-corrected chi connectivity index (χ1v) is 6.57. The van der Waals surface area contributed by atoms with E-state index in [0.717, 1.165) is 0 Å². The molecule has 0 aliphatic heterocycles. The molecule has 0 unspecified atom stereocenters. The Morgan fingerprint density at radius 1 is 1.20 bits per heavy atom. The molecule has 0 aromatic heterocycles. The number of halogens is 1. The molecule has 0 saturated heterocycles. The van der Waals surface area contributed by atoms with Gasteiger partial charge in [0.05, 0.1) is 0 Å². The van der Waals surface area contributed by atoms with Crippen molar-refractivity contribution in [3.05, 3.63) is 0 Å². The third kappa shape index (κ3) is 24.9. The van der Waals surface area contributed by atoms with Crippen molar-refractivity contribution in [2.45, 2.75) is 39.5 Å². The Bertz CT molecular complexity index is 159. The van der Waals surface area contributed by atoms with Gasteiger partial charge in [-0.1, -0.05) is 31.4 Å². The van der Waals surface area contributed by atoms with Crippen molar-refractivity contribution in [2.75, 3.05) is 13.1 Å². The monoisotopic (exact) mass is 245 g/mol. The van der Waals surface area contributed by atoms with Crippen molar-refractivity contribution in [3.63, 3.8) is 0 Å². The van der Waals surface area contributed by atoms with Crippen LogP contribution in [0.5, 0.6) is 0 Å². The lowest BCUT2D eigenvalue weighted by Crippen LogP contribution is -2.15. The standard InChI is InChI=1S/C8H19N.FH2O4P/c1-3-5-7-9-8-6-4-2;1-5-6(2,3)4/h9H,3-8H2,1-2H3;(H2,2,3,4). The van der Waals surface area contributed by atoms with Crippen LogP contribution in [-0.2, 0) is 9.29 Å². The summed E-state index contributed by atoms with van der Waals surface area (Å²) in [6, 6.07) is 0. The van der Waals surface area contributed by atoms with Crippen molar-refractivity contribution in [1.29, 1.82) is 0 Å². The smallest absolute Gasteiger partial charge is 0.317 e. The average Bonchev–Trinajstić information content (AvgIpc) is 2.18. The van der Waals surface area contributed by atoms with Crippen LogP contribution in [0.2, 0.25) is 0 Å². The van der Waals surface area contributed by atoms with Crippen molar-refractivity contribution in [2.24, 2.45) is 0 Å². The maximum absolute atomic E-state index is 10.2. The van der Waals surface area contributed by atoms with E-state index in [1.165, 1.54) is 38.8 Å². The topological polar surface area (TPSA) is 78.8 Å². The molecule has 0 aliphatic carbocycles. The molecule has 15 heavy (non-hydrogen) atoms. The number of nitrogens with one attached hydrogen (secondary N) is 1. The van der Waals surface area contributed by atoms with Crippen molar-refractivity contribution >= 4 is 7.82 Å². The van der Waals surface area contributed by atoms with E-state index in [1.807, 2.05) is 0 Å². The van der Waals surface area contributed by atoms with Crippen molar-refractivity contribution in [3.8, 4) is 0 Å². The number of hydrogen-bond acceptors (Lipinski definition) is 3. The van der Waals surface area contributed by atoms with Crippen LogP contribution in [0.25, 0.3) is 0 Å². The Hall–Kier alpha value is -0.0000000000000000555. The molecule has 7 heteroatoms. The molecule has 0 spiro atoms. The van der Waals surface area contributed by atoms with E-state index in [4.69, 9.17) is 14.4 Å². The van der Waals surface area contributed by atoms with Gasteiger partial charge in [0.25, 0.3) is 0 Å². The molecule has 0 aliphatic rings. The molecule has 0 atom stereocenters. The maximum Gasteiger partial charge on any atom is 0.500 e. The third-order valence-electron chi connectivity index (χ3n) is 1.50. The van der Waals surface area contributed by atoms with Gasteiger partial charge >= 0.3 is 7.82 Å². The van der Waals surface area contributed by atoms with Gasteiger partial charge in [-0.3, -0.25) is 0 Å². The predicted octanol–water partition coefficient (Wildman–Crippen LogP) is 2.16. The normalized spacial score (nSPS) is 10.7. The van der Waals surface area contributed by atoms with Gasteiger partial charge in [0, 0.05) is 0 Å². The first-order valence-electron chi connectivity index (χ1n) is 5.04. The van der Waals surface area contributed by atoms with Crippen LogP contribution in [0.15, 0.2) is 0 Å². The molecule has 0 rings (SSSR count).